The van der Waals surface area contributed by atoms with E-state index in [1.54, 1.807) is 0 Å². The first kappa shape index (κ1) is 12.3. The van der Waals surface area contributed by atoms with Crippen LogP contribution in [0.2, 0.25) is 0 Å². The Morgan fingerprint density at radius 3 is 2.44 bits per heavy atom. The molecule has 1 saturated carbocycles. The summed E-state index contributed by atoms with van der Waals surface area (Å²) < 4.78 is 0. The zero-order valence-corrected chi connectivity index (χ0v) is 11.1. The van der Waals surface area contributed by atoms with Gasteiger partial charge < -0.3 is 10.6 Å². The van der Waals surface area contributed by atoms with Gasteiger partial charge in [-0.05, 0) is 39.2 Å². The topological polar surface area (TPSA) is 32.5 Å². The molecule has 1 heterocycles. The second kappa shape index (κ2) is 4.63. The van der Waals surface area contributed by atoms with Gasteiger partial charge in [0.1, 0.15) is 0 Å². The van der Waals surface area contributed by atoms with Crippen LogP contribution in [0.25, 0.3) is 0 Å². The van der Waals surface area contributed by atoms with Crippen LogP contribution in [0, 0.1) is 5.92 Å². The SMILES string of the molecule is CCC(CN)(C1CC1)N1CCN(C)C(C)C1. The second-order valence-electron chi connectivity index (χ2n) is 5.71. The number of rotatable bonds is 4. The van der Waals surface area contributed by atoms with Gasteiger partial charge in [0.15, 0.2) is 0 Å². The highest BCUT2D eigenvalue weighted by Gasteiger charge is 2.47. The van der Waals surface area contributed by atoms with Crippen molar-refractivity contribution in [2.24, 2.45) is 11.7 Å². The fraction of sp³-hybridized carbons (Fsp3) is 1.00. The standard InChI is InChI=1S/C13H27N3/c1-4-13(10-14,12-5-6-12)16-8-7-15(3)11(2)9-16/h11-12H,4-10,14H2,1-3H3. The van der Waals surface area contributed by atoms with Crippen LogP contribution in [-0.2, 0) is 0 Å². The third-order valence-electron chi connectivity index (χ3n) is 4.89. The van der Waals surface area contributed by atoms with Crippen LogP contribution >= 0.6 is 0 Å². The van der Waals surface area contributed by atoms with E-state index in [1.807, 2.05) is 0 Å². The van der Waals surface area contributed by atoms with Crippen molar-refractivity contribution in [1.82, 2.24) is 9.80 Å². The van der Waals surface area contributed by atoms with Gasteiger partial charge in [-0.3, -0.25) is 4.90 Å². The van der Waals surface area contributed by atoms with Crippen molar-refractivity contribution >= 4 is 0 Å². The van der Waals surface area contributed by atoms with Gasteiger partial charge >= 0.3 is 0 Å². The maximum Gasteiger partial charge on any atom is 0.0358 e. The minimum atomic E-state index is 0.315. The maximum atomic E-state index is 6.11. The molecule has 3 heteroatoms. The summed E-state index contributed by atoms with van der Waals surface area (Å²) in [5.74, 6) is 0.873. The van der Waals surface area contributed by atoms with E-state index in [-0.39, 0.29) is 0 Å². The third-order valence-corrected chi connectivity index (χ3v) is 4.89. The lowest BCUT2D eigenvalue weighted by molar-refractivity contribution is 0.00315. The van der Waals surface area contributed by atoms with E-state index >= 15 is 0 Å². The van der Waals surface area contributed by atoms with Crippen LogP contribution in [0.3, 0.4) is 0 Å². The number of nitrogens with two attached hydrogens (primary N) is 1. The predicted octanol–water partition coefficient (Wildman–Crippen LogP) is 1.14. The molecular formula is C13H27N3. The Hall–Kier alpha value is -0.120. The zero-order valence-electron chi connectivity index (χ0n) is 11.1. The van der Waals surface area contributed by atoms with Crippen molar-refractivity contribution in [3.63, 3.8) is 0 Å². The molecule has 2 N–H and O–H groups in total. The molecule has 16 heavy (non-hydrogen) atoms. The monoisotopic (exact) mass is 225 g/mol. The first-order valence-electron chi connectivity index (χ1n) is 6.79. The Morgan fingerprint density at radius 2 is 2.00 bits per heavy atom. The molecule has 1 aliphatic carbocycles. The normalized spacial score (nSPS) is 32.6. The molecule has 0 radical (unpaired) electrons. The summed E-state index contributed by atoms with van der Waals surface area (Å²) in [4.78, 5) is 5.15. The summed E-state index contributed by atoms with van der Waals surface area (Å²) in [6.07, 6.45) is 4.00. The predicted molar refractivity (Wildman–Crippen MR) is 68.5 cm³/mol. The Balaban J connectivity index is 2.08. The highest BCUT2D eigenvalue weighted by Crippen LogP contribution is 2.45. The Kier molecular flexibility index (Phi) is 3.57. The molecule has 2 unspecified atom stereocenters. The molecular weight excluding hydrogens is 198 g/mol. The van der Waals surface area contributed by atoms with E-state index in [2.05, 4.69) is 30.7 Å². The van der Waals surface area contributed by atoms with Gasteiger partial charge in [-0.2, -0.15) is 0 Å². The molecule has 0 aromatic heterocycles. The highest BCUT2D eigenvalue weighted by atomic mass is 15.3. The molecule has 0 amide bonds. The Labute approximate surface area is 100.0 Å². The molecule has 3 nitrogen and oxygen atoms in total. The smallest absolute Gasteiger partial charge is 0.0358 e. The van der Waals surface area contributed by atoms with E-state index in [4.69, 9.17) is 5.73 Å². The summed E-state index contributed by atoms with van der Waals surface area (Å²) in [7, 11) is 2.23. The first-order chi connectivity index (χ1) is 7.64. The van der Waals surface area contributed by atoms with Gasteiger partial charge in [-0.25, -0.2) is 0 Å². The molecule has 2 aliphatic rings. The average Bonchev–Trinajstić information content (AvgIpc) is 3.10. The van der Waals surface area contributed by atoms with E-state index in [9.17, 15) is 0 Å². The maximum absolute atomic E-state index is 6.11. The van der Waals surface area contributed by atoms with Gasteiger partial charge in [0.05, 0.1) is 0 Å². The van der Waals surface area contributed by atoms with E-state index in [1.165, 1.54) is 38.9 Å². The van der Waals surface area contributed by atoms with Gasteiger partial charge in [0.25, 0.3) is 0 Å². The van der Waals surface area contributed by atoms with Crippen LogP contribution in [0.5, 0.6) is 0 Å². The van der Waals surface area contributed by atoms with Gasteiger partial charge in [-0.1, -0.05) is 6.92 Å². The fourth-order valence-electron chi connectivity index (χ4n) is 3.28. The average molecular weight is 225 g/mol. The van der Waals surface area contributed by atoms with Crippen LogP contribution < -0.4 is 5.73 Å². The van der Waals surface area contributed by atoms with Gasteiger partial charge in [0, 0.05) is 37.8 Å². The second-order valence-corrected chi connectivity index (χ2v) is 5.71. The summed E-state index contributed by atoms with van der Waals surface area (Å²) in [6, 6.07) is 0.671. The fourth-order valence-corrected chi connectivity index (χ4v) is 3.28. The lowest BCUT2D eigenvalue weighted by Gasteiger charge is -2.49. The number of nitrogens with zero attached hydrogens (tertiary/aromatic N) is 2. The van der Waals surface area contributed by atoms with Crippen molar-refractivity contribution in [3.8, 4) is 0 Å². The van der Waals surface area contributed by atoms with Gasteiger partial charge in [-0.15, -0.1) is 0 Å². The minimum absolute atomic E-state index is 0.315. The lowest BCUT2D eigenvalue weighted by atomic mass is 9.86. The number of hydrogen-bond donors (Lipinski definition) is 1. The van der Waals surface area contributed by atoms with E-state index < -0.39 is 0 Å². The van der Waals surface area contributed by atoms with Crippen molar-refractivity contribution in [2.45, 2.75) is 44.7 Å². The Morgan fingerprint density at radius 1 is 1.31 bits per heavy atom. The number of likely N-dealkylation sites (N-methyl/N-ethyl adjacent to an activating group) is 1. The molecule has 94 valence electrons. The first-order valence-corrected chi connectivity index (χ1v) is 6.79. The highest BCUT2D eigenvalue weighted by molar-refractivity contribution is 5.04. The molecule has 0 aromatic carbocycles. The molecule has 0 spiro atoms. The zero-order chi connectivity index (χ0) is 11.8. The minimum Gasteiger partial charge on any atom is -0.329 e. The molecule has 2 fully saturated rings. The van der Waals surface area contributed by atoms with Crippen molar-refractivity contribution in [2.75, 3.05) is 33.2 Å². The molecule has 1 saturated heterocycles. The molecule has 0 aromatic rings. The quantitative estimate of drug-likeness (QED) is 0.779. The van der Waals surface area contributed by atoms with Gasteiger partial charge in [0.2, 0.25) is 0 Å². The lowest BCUT2D eigenvalue weighted by Crippen LogP contribution is -2.62. The van der Waals surface area contributed by atoms with Crippen molar-refractivity contribution < 1.29 is 0 Å². The number of hydrogen-bond acceptors (Lipinski definition) is 3. The van der Waals surface area contributed by atoms with Crippen LogP contribution in [0.1, 0.15) is 33.1 Å². The summed E-state index contributed by atoms with van der Waals surface area (Å²) >= 11 is 0. The van der Waals surface area contributed by atoms with E-state index in [0.717, 1.165) is 12.5 Å². The Bertz CT molecular complexity index is 233. The van der Waals surface area contributed by atoms with Crippen LogP contribution in [0.4, 0.5) is 0 Å². The molecule has 2 atom stereocenters. The molecule has 0 bridgehead atoms. The largest absolute Gasteiger partial charge is 0.329 e. The van der Waals surface area contributed by atoms with Crippen molar-refractivity contribution in [3.05, 3.63) is 0 Å². The molecule has 1 aliphatic heterocycles. The van der Waals surface area contributed by atoms with Crippen molar-refractivity contribution in [1.29, 1.82) is 0 Å². The van der Waals surface area contributed by atoms with Crippen LogP contribution in [-0.4, -0.2) is 54.6 Å². The molecule has 2 rings (SSSR count). The summed E-state index contributed by atoms with van der Waals surface area (Å²) in [6.45, 7) is 9.06. The third kappa shape index (κ3) is 2.01. The number of piperazine rings is 1. The van der Waals surface area contributed by atoms with E-state index in [0.29, 0.717) is 11.6 Å². The summed E-state index contributed by atoms with van der Waals surface area (Å²) in [5, 5.41) is 0. The summed E-state index contributed by atoms with van der Waals surface area (Å²) in [5.41, 5.74) is 6.43. The van der Waals surface area contributed by atoms with Crippen LogP contribution in [0.15, 0.2) is 0 Å².